The second-order valence-corrected chi connectivity index (χ2v) is 7.55. The topological polar surface area (TPSA) is 98.6 Å². The van der Waals surface area contributed by atoms with E-state index in [2.05, 4.69) is 78.4 Å². The van der Waals surface area contributed by atoms with Crippen LogP contribution in [0.2, 0.25) is 0 Å². The fourth-order valence-electron chi connectivity index (χ4n) is 3.24. The van der Waals surface area contributed by atoms with Crippen molar-refractivity contribution in [2.45, 2.75) is 33.0 Å². The number of hydrogen-bond acceptors (Lipinski definition) is 7. The van der Waals surface area contributed by atoms with Crippen LogP contribution in [0.5, 0.6) is 0 Å². The zero-order valence-corrected chi connectivity index (χ0v) is 20.1. The van der Waals surface area contributed by atoms with Crippen LogP contribution < -0.4 is 5.32 Å². The number of carbonyl (C=O) groups excluding carboxylic acids is 1. The summed E-state index contributed by atoms with van der Waals surface area (Å²) in [5.41, 5.74) is 4.46. The normalized spacial score (nSPS) is 12.1. The Bertz CT molecular complexity index is 1170. The van der Waals surface area contributed by atoms with Crippen LogP contribution in [0.15, 0.2) is 66.5 Å². The summed E-state index contributed by atoms with van der Waals surface area (Å²) in [4.78, 5) is 21.1. The third-order valence-electron chi connectivity index (χ3n) is 5.20. The Kier molecular flexibility index (Phi) is 9.41. The number of allylic oxidation sites excluding steroid dienone is 3. The monoisotopic (exact) mass is 466 g/mol. The number of carbonyl (C=O) groups is 1. The smallest absolute Gasteiger partial charge is 0.248 e. The molecule has 7 nitrogen and oxygen atoms in total. The van der Waals surface area contributed by atoms with Crippen molar-refractivity contribution in [2.75, 3.05) is 19.4 Å². The van der Waals surface area contributed by atoms with E-state index in [1.165, 1.54) is 11.4 Å². The second kappa shape index (κ2) is 12.0. The molecule has 0 atom stereocenters. The van der Waals surface area contributed by atoms with E-state index < -0.39 is 11.6 Å². The predicted octanol–water partition coefficient (Wildman–Crippen LogP) is 4.44. The highest BCUT2D eigenvalue weighted by atomic mass is 19.1. The predicted molar refractivity (Wildman–Crippen MR) is 133 cm³/mol. The Labute approximate surface area is 199 Å². The molecule has 3 rings (SSSR count). The van der Waals surface area contributed by atoms with E-state index >= 15 is 0 Å². The van der Waals surface area contributed by atoms with Crippen LogP contribution in [0.3, 0.4) is 0 Å². The maximum atomic E-state index is 12.3. The van der Waals surface area contributed by atoms with Gasteiger partial charge in [-0.25, -0.2) is 14.4 Å². The van der Waals surface area contributed by atoms with Gasteiger partial charge in [0.25, 0.3) is 0 Å². The molecule has 0 fully saturated rings. The molecule has 8 heteroatoms. The van der Waals surface area contributed by atoms with Crippen LogP contribution in [-0.2, 0) is 10.6 Å². The summed E-state index contributed by atoms with van der Waals surface area (Å²) in [7, 11) is 3.93. The maximum absolute atomic E-state index is 12.3. The number of anilines is 1. The first-order valence-electron chi connectivity index (χ1n) is 10.9. The lowest BCUT2D eigenvalue weighted by atomic mass is 10.1. The van der Waals surface area contributed by atoms with E-state index in [0.29, 0.717) is 5.95 Å². The van der Waals surface area contributed by atoms with Crippen LogP contribution >= 0.6 is 0 Å². The lowest BCUT2D eigenvalue weighted by molar-refractivity contribution is -0.173. The number of halogens is 1. The standard InChI is InChI=1S/C18H24N4.C8H7FO3/c1-6-8-13(3)22(5)17(7-2)14-9-10-15-12-20-18(19-4)21-16(15)11-14;9-7-3-1-6(2-4-7)8(11,12)5-10/h7-12H,6H2,1-5H3,(H,19,20,21);1-5,11-12H/b13-8+,17-7-;. The Morgan fingerprint density at radius 2 is 1.88 bits per heavy atom. The summed E-state index contributed by atoms with van der Waals surface area (Å²) < 4.78 is 12.3. The molecular weight excluding hydrogens is 435 g/mol. The van der Waals surface area contributed by atoms with Crippen LogP contribution in [0.25, 0.3) is 16.6 Å². The van der Waals surface area contributed by atoms with Crippen molar-refractivity contribution in [1.29, 1.82) is 0 Å². The van der Waals surface area contributed by atoms with E-state index in [4.69, 9.17) is 10.2 Å². The zero-order valence-electron chi connectivity index (χ0n) is 20.1. The zero-order chi connectivity index (χ0) is 25.3. The number of hydrogen-bond donors (Lipinski definition) is 3. The van der Waals surface area contributed by atoms with Crippen molar-refractivity contribution in [3.05, 3.63) is 83.5 Å². The number of aromatic nitrogens is 2. The van der Waals surface area contributed by atoms with Crippen molar-refractivity contribution in [2.24, 2.45) is 0 Å². The van der Waals surface area contributed by atoms with Gasteiger partial charge in [-0.2, -0.15) is 0 Å². The third-order valence-corrected chi connectivity index (χ3v) is 5.20. The van der Waals surface area contributed by atoms with Crippen LogP contribution in [0.1, 0.15) is 38.3 Å². The molecule has 0 saturated carbocycles. The SMILES string of the molecule is C/C=C(/c1ccc2cnc(NC)nc2c1)N(C)/C(C)=C/CC.O=CC(O)(O)c1ccc(F)cc1. The molecule has 3 N–H and O–H groups in total. The minimum atomic E-state index is -2.52. The van der Waals surface area contributed by atoms with Gasteiger partial charge >= 0.3 is 0 Å². The van der Waals surface area contributed by atoms with E-state index in [0.717, 1.165) is 47.2 Å². The van der Waals surface area contributed by atoms with Crippen molar-refractivity contribution in [3.63, 3.8) is 0 Å². The molecule has 0 radical (unpaired) electrons. The van der Waals surface area contributed by atoms with E-state index in [9.17, 15) is 9.18 Å². The maximum Gasteiger partial charge on any atom is 0.248 e. The summed E-state index contributed by atoms with van der Waals surface area (Å²) in [5.74, 6) is -2.38. The number of aliphatic hydroxyl groups is 2. The highest BCUT2D eigenvalue weighted by molar-refractivity contribution is 5.83. The Balaban J connectivity index is 0.000000287. The van der Waals surface area contributed by atoms with Gasteiger partial charge in [0.05, 0.1) is 5.52 Å². The summed E-state index contributed by atoms with van der Waals surface area (Å²) in [6, 6.07) is 10.6. The van der Waals surface area contributed by atoms with Crippen molar-refractivity contribution in [3.8, 4) is 0 Å². The Morgan fingerprint density at radius 1 is 1.21 bits per heavy atom. The molecule has 3 aromatic rings. The van der Waals surface area contributed by atoms with Crippen LogP contribution in [0.4, 0.5) is 10.3 Å². The quantitative estimate of drug-likeness (QED) is 0.350. The molecule has 34 heavy (non-hydrogen) atoms. The minimum Gasteiger partial charge on any atom is -0.357 e. The van der Waals surface area contributed by atoms with Gasteiger partial charge in [-0.3, -0.25) is 4.79 Å². The minimum absolute atomic E-state index is 0.0275. The highest BCUT2D eigenvalue weighted by Gasteiger charge is 2.24. The van der Waals surface area contributed by atoms with Crippen LogP contribution in [0, 0.1) is 5.82 Å². The van der Waals surface area contributed by atoms with E-state index in [-0.39, 0.29) is 11.8 Å². The molecule has 0 amide bonds. The van der Waals surface area contributed by atoms with Crippen molar-refractivity contribution < 1.29 is 19.4 Å². The average molecular weight is 467 g/mol. The number of aldehydes is 1. The molecule has 1 aromatic heterocycles. The van der Waals surface area contributed by atoms with Gasteiger partial charge in [-0.1, -0.05) is 43.3 Å². The summed E-state index contributed by atoms with van der Waals surface area (Å²) in [6.45, 7) is 6.35. The second-order valence-electron chi connectivity index (χ2n) is 7.55. The number of benzene rings is 2. The fraction of sp³-hybridized carbons (Fsp3) is 0.269. The Hall–Kier alpha value is -3.62. The summed E-state index contributed by atoms with van der Waals surface area (Å²) in [5, 5.41) is 21.9. The Morgan fingerprint density at radius 3 is 2.44 bits per heavy atom. The van der Waals surface area contributed by atoms with Gasteiger partial charge in [0.1, 0.15) is 5.82 Å². The molecule has 1 heterocycles. The molecule has 0 aliphatic carbocycles. The molecule has 0 bridgehead atoms. The first kappa shape index (κ1) is 26.6. The van der Waals surface area contributed by atoms with Gasteiger partial charge in [0, 0.05) is 42.6 Å². The van der Waals surface area contributed by atoms with Gasteiger partial charge < -0.3 is 20.4 Å². The largest absolute Gasteiger partial charge is 0.357 e. The van der Waals surface area contributed by atoms with Gasteiger partial charge in [-0.05, 0) is 44.0 Å². The van der Waals surface area contributed by atoms with Gasteiger partial charge in [0.2, 0.25) is 11.7 Å². The number of nitrogens with one attached hydrogen (secondary N) is 1. The summed E-state index contributed by atoms with van der Waals surface area (Å²) in [6.07, 6.45) is 7.21. The van der Waals surface area contributed by atoms with E-state index in [1.54, 1.807) is 0 Å². The van der Waals surface area contributed by atoms with Crippen molar-refractivity contribution in [1.82, 2.24) is 14.9 Å². The van der Waals surface area contributed by atoms with Gasteiger partial charge in [0.15, 0.2) is 6.29 Å². The highest BCUT2D eigenvalue weighted by Crippen LogP contribution is 2.25. The van der Waals surface area contributed by atoms with Crippen molar-refractivity contribution >= 4 is 28.8 Å². The van der Waals surface area contributed by atoms with Gasteiger partial charge in [-0.15, -0.1) is 0 Å². The lowest BCUT2D eigenvalue weighted by Crippen LogP contribution is -2.26. The molecule has 2 aromatic carbocycles. The molecule has 180 valence electrons. The molecule has 0 saturated heterocycles. The number of rotatable bonds is 7. The first-order valence-corrected chi connectivity index (χ1v) is 10.9. The fourth-order valence-corrected chi connectivity index (χ4v) is 3.24. The average Bonchev–Trinajstić information content (AvgIpc) is 2.84. The number of fused-ring (bicyclic) bond motifs is 1. The molecule has 0 unspecified atom stereocenters. The lowest BCUT2D eigenvalue weighted by Gasteiger charge is -2.24. The third kappa shape index (κ3) is 6.69. The molecule has 0 aliphatic heterocycles. The molecule has 0 aliphatic rings. The first-order chi connectivity index (χ1) is 16.2. The van der Waals surface area contributed by atoms with E-state index in [1.807, 2.05) is 13.2 Å². The van der Waals surface area contributed by atoms with Crippen LogP contribution in [-0.4, -0.2) is 45.5 Å². The summed E-state index contributed by atoms with van der Waals surface area (Å²) >= 11 is 0. The molecule has 0 spiro atoms. The number of nitrogens with zero attached hydrogens (tertiary/aromatic N) is 3. The molecular formula is C26H31FN4O3.